The fourth-order valence-corrected chi connectivity index (χ4v) is 1.07. The molecular formula is C10H14. The van der Waals surface area contributed by atoms with Gasteiger partial charge in [-0.1, -0.05) is 23.8 Å². The summed E-state index contributed by atoms with van der Waals surface area (Å²) in [5.74, 6) is 0. The molecular weight excluding hydrogens is 120 g/mol. The van der Waals surface area contributed by atoms with Crippen LogP contribution in [0.25, 0.3) is 0 Å². The van der Waals surface area contributed by atoms with Crippen LogP contribution in [0.4, 0.5) is 0 Å². The second-order valence-electron chi connectivity index (χ2n) is 2.89. The lowest BCUT2D eigenvalue weighted by Crippen LogP contribution is -1.82. The number of hydrogen-bond donors (Lipinski definition) is 0. The molecule has 0 amide bonds. The minimum Gasteiger partial charge on any atom is -0.0805 e. The van der Waals surface area contributed by atoms with Crippen LogP contribution in [0.5, 0.6) is 0 Å². The molecule has 0 heteroatoms. The largest absolute Gasteiger partial charge is 0.0805 e. The van der Waals surface area contributed by atoms with Crippen molar-refractivity contribution in [1.82, 2.24) is 0 Å². The van der Waals surface area contributed by atoms with E-state index in [1.807, 2.05) is 0 Å². The van der Waals surface area contributed by atoms with Crippen molar-refractivity contribution in [1.29, 1.82) is 0 Å². The topological polar surface area (TPSA) is 0 Å². The predicted molar refractivity (Wildman–Crippen MR) is 45.9 cm³/mol. The highest BCUT2D eigenvalue weighted by Crippen LogP contribution is 2.19. The lowest BCUT2D eigenvalue weighted by molar-refractivity contribution is 1.15. The molecule has 0 aromatic heterocycles. The number of hydrogen-bond acceptors (Lipinski definition) is 0. The first-order valence-electron chi connectivity index (χ1n) is 3.72. The Bertz CT molecular complexity index is 209. The second-order valence-corrected chi connectivity index (χ2v) is 2.89. The monoisotopic (exact) mass is 134 g/mol. The van der Waals surface area contributed by atoms with Gasteiger partial charge in [-0.25, -0.2) is 0 Å². The molecule has 10 heavy (non-hydrogen) atoms. The minimum absolute atomic E-state index is 1.11. The highest BCUT2D eigenvalue weighted by molar-refractivity contribution is 5.37. The standard InChI is InChI=1S/C10H14/c1-8-6-4-5-7-9(2)10(8)3/h4-6H,7H2,1-3H3. The summed E-state index contributed by atoms with van der Waals surface area (Å²) in [4.78, 5) is 0. The SMILES string of the molecule is CC1=CC=CCC(C)=C1C. The average Bonchev–Trinajstić information content (AvgIpc) is 2.04. The maximum absolute atomic E-state index is 2.20. The van der Waals surface area contributed by atoms with E-state index >= 15 is 0 Å². The Labute approximate surface area is 62.9 Å². The van der Waals surface area contributed by atoms with Crippen molar-refractivity contribution in [3.05, 3.63) is 34.9 Å². The van der Waals surface area contributed by atoms with Gasteiger partial charge in [-0.3, -0.25) is 0 Å². The Morgan fingerprint density at radius 2 is 1.90 bits per heavy atom. The van der Waals surface area contributed by atoms with Crippen LogP contribution in [0.2, 0.25) is 0 Å². The Hall–Kier alpha value is -0.780. The molecule has 0 unspecified atom stereocenters. The second kappa shape index (κ2) is 2.87. The van der Waals surface area contributed by atoms with Crippen LogP contribution in [0.1, 0.15) is 27.2 Å². The summed E-state index contributed by atoms with van der Waals surface area (Å²) in [7, 11) is 0. The summed E-state index contributed by atoms with van der Waals surface area (Å²) in [6.45, 7) is 6.55. The molecule has 1 aliphatic rings. The maximum Gasteiger partial charge on any atom is -0.0133 e. The van der Waals surface area contributed by atoms with Gasteiger partial charge in [0.25, 0.3) is 0 Å². The van der Waals surface area contributed by atoms with Gasteiger partial charge in [-0.2, -0.15) is 0 Å². The molecule has 0 atom stereocenters. The fourth-order valence-electron chi connectivity index (χ4n) is 1.07. The van der Waals surface area contributed by atoms with Gasteiger partial charge in [0.2, 0.25) is 0 Å². The smallest absolute Gasteiger partial charge is 0.0133 e. The third kappa shape index (κ3) is 1.38. The average molecular weight is 134 g/mol. The van der Waals surface area contributed by atoms with Crippen LogP contribution in [-0.4, -0.2) is 0 Å². The summed E-state index contributed by atoms with van der Waals surface area (Å²) in [6.07, 6.45) is 7.62. The van der Waals surface area contributed by atoms with E-state index in [9.17, 15) is 0 Å². The van der Waals surface area contributed by atoms with Crippen LogP contribution >= 0.6 is 0 Å². The van der Waals surface area contributed by atoms with Crippen molar-refractivity contribution in [3.63, 3.8) is 0 Å². The zero-order chi connectivity index (χ0) is 7.56. The van der Waals surface area contributed by atoms with Gasteiger partial charge < -0.3 is 0 Å². The van der Waals surface area contributed by atoms with E-state index in [2.05, 4.69) is 39.0 Å². The van der Waals surface area contributed by atoms with E-state index in [4.69, 9.17) is 0 Å². The van der Waals surface area contributed by atoms with E-state index in [1.165, 1.54) is 16.7 Å². The normalized spacial score (nSPS) is 18.9. The van der Waals surface area contributed by atoms with Crippen LogP contribution in [0, 0.1) is 0 Å². The Morgan fingerprint density at radius 3 is 2.60 bits per heavy atom. The van der Waals surface area contributed by atoms with Gasteiger partial charge in [-0.05, 0) is 38.3 Å². The van der Waals surface area contributed by atoms with Gasteiger partial charge >= 0.3 is 0 Å². The Morgan fingerprint density at radius 1 is 1.20 bits per heavy atom. The summed E-state index contributed by atoms with van der Waals surface area (Å²) in [6, 6.07) is 0. The molecule has 0 N–H and O–H groups in total. The van der Waals surface area contributed by atoms with Crippen molar-refractivity contribution in [3.8, 4) is 0 Å². The zero-order valence-corrected chi connectivity index (χ0v) is 6.94. The summed E-state index contributed by atoms with van der Waals surface area (Å²) in [5, 5.41) is 0. The van der Waals surface area contributed by atoms with E-state index in [0.717, 1.165) is 6.42 Å². The Balaban J connectivity index is 3.00. The van der Waals surface area contributed by atoms with Crippen LogP contribution in [0.3, 0.4) is 0 Å². The van der Waals surface area contributed by atoms with E-state index < -0.39 is 0 Å². The van der Waals surface area contributed by atoms with Crippen molar-refractivity contribution in [2.45, 2.75) is 27.2 Å². The van der Waals surface area contributed by atoms with Crippen molar-refractivity contribution in [2.24, 2.45) is 0 Å². The van der Waals surface area contributed by atoms with Crippen molar-refractivity contribution in [2.75, 3.05) is 0 Å². The maximum atomic E-state index is 2.20. The molecule has 0 saturated heterocycles. The molecule has 54 valence electrons. The van der Waals surface area contributed by atoms with E-state index in [-0.39, 0.29) is 0 Å². The molecule has 0 heterocycles. The number of rotatable bonds is 0. The molecule has 0 aromatic rings. The van der Waals surface area contributed by atoms with Gasteiger partial charge in [-0.15, -0.1) is 0 Å². The van der Waals surface area contributed by atoms with Gasteiger partial charge in [0.05, 0.1) is 0 Å². The third-order valence-corrected chi connectivity index (χ3v) is 2.14. The summed E-state index contributed by atoms with van der Waals surface area (Å²) in [5.41, 5.74) is 4.33. The van der Waals surface area contributed by atoms with Crippen molar-refractivity contribution < 1.29 is 0 Å². The molecule has 0 nitrogen and oxygen atoms in total. The summed E-state index contributed by atoms with van der Waals surface area (Å²) < 4.78 is 0. The Kier molecular flexibility index (Phi) is 2.10. The molecule has 0 spiro atoms. The first kappa shape index (κ1) is 7.33. The van der Waals surface area contributed by atoms with Crippen LogP contribution in [0.15, 0.2) is 34.9 Å². The van der Waals surface area contributed by atoms with Gasteiger partial charge in [0, 0.05) is 0 Å². The number of allylic oxidation sites excluding steroid dienone is 6. The molecule has 0 radical (unpaired) electrons. The molecule has 0 bridgehead atoms. The van der Waals surface area contributed by atoms with E-state index in [0.29, 0.717) is 0 Å². The van der Waals surface area contributed by atoms with E-state index in [1.54, 1.807) is 0 Å². The van der Waals surface area contributed by atoms with Crippen molar-refractivity contribution >= 4 is 0 Å². The lowest BCUT2D eigenvalue weighted by Gasteiger charge is -2.02. The molecule has 0 fully saturated rings. The van der Waals surface area contributed by atoms with Crippen LogP contribution < -0.4 is 0 Å². The molecule has 0 aliphatic heterocycles. The molecule has 0 saturated carbocycles. The quantitative estimate of drug-likeness (QED) is 0.477. The summed E-state index contributed by atoms with van der Waals surface area (Å²) >= 11 is 0. The highest BCUT2D eigenvalue weighted by atomic mass is 14.0. The molecule has 1 aliphatic carbocycles. The first-order valence-corrected chi connectivity index (χ1v) is 3.72. The third-order valence-electron chi connectivity index (χ3n) is 2.14. The first-order chi connectivity index (χ1) is 4.72. The minimum atomic E-state index is 1.11. The fraction of sp³-hybridized carbons (Fsp3) is 0.400. The highest BCUT2D eigenvalue weighted by Gasteiger charge is 1.98. The lowest BCUT2D eigenvalue weighted by atomic mass is 10.0. The van der Waals surface area contributed by atoms with Gasteiger partial charge in [0.1, 0.15) is 0 Å². The molecule has 0 aromatic carbocycles. The zero-order valence-electron chi connectivity index (χ0n) is 6.94. The van der Waals surface area contributed by atoms with Gasteiger partial charge in [0.15, 0.2) is 0 Å². The molecule has 1 rings (SSSR count). The predicted octanol–water partition coefficient (Wildman–Crippen LogP) is 3.23. The van der Waals surface area contributed by atoms with Crippen LogP contribution in [-0.2, 0) is 0 Å².